The summed E-state index contributed by atoms with van der Waals surface area (Å²) in [4.78, 5) is 0. The normalized spacial score (nSPS) is 13.2. The number of ether oxygens (including phenoxy) is 1. The maximum Gasteiger partial charge on any atom is 0.152 e. The van der Waals surface area contributed by atoms with E-state index in [9.17, 15) is 0 Å². The Balaban J connectivity index is 3.52. The molecule has 0 aliphatic heterocycles. The molecule has 0 aromatic rings. The van der Waals surface area contributed by atoms with Crippen molar-refractivity contribution in [1.29, 1.82) is 0 Å². The molecule has 0 aliphatic carbocycles. The molecule has 0 atom stereocenters. The van der Waals surface area contributed by atoms with Gasteiger partial charge in [0.2, 0.25) is 0 Å². The van der Waals surface area contributed by atoms with Crippen LogP contribution in [0.25, 0.3) is 0 Å². The fourth-order valence-electron chi connectivity index (χ4n) is 2.14. The molecule has 0 saturated carbocycles. The Morgan fingerprint density at radius 2 is 1.35 bits per heavy atom. The van der Waals surface area contributed by atoms with E-state index in [0.29, 0.717) is 5.76 Å². The Labute approximate surface area is 142 Å². The quantitative estimate of drug-likeness (QED) is 0.217. The fourth-order valence-corrected chi connectivity index (χ4v) is 2.14. The monoisotopic (exact) mass is 318 g/mol. The molecule has 0 amide bonds. The van der Waals surface area contributed by atoms with Gasteiger partial charge in [-0.3, -0.25) is 0 Å². The van der Waals surface area contributed by atoms with Gasteiger partial charge in [-0.25, -0.2) is 0 Å². The lowest BCUT2D eigenvalue weighted by Crippen LogP contribution is -1.79. The van der Waals surface area contributed by atoms with Crippen LogP contribution in [0, 0.1) is 0 Å². The first-order chi connectivity index (χ1) is 11.3. The minimum atomic E-state index is 0.434. The minimum absolute atomic E-state index is 0.434. The summed E-state index contributed by atoms with van der Waals surface area (Å²) >= 11 is 0. The number of rotatable bonds is 14. The van der Waals surface area contributed by atoms with Gasteiger partial charge in [0.15, 0.2) is 5.76 Å². The van der Waals surface area contributed by atoms with Crippen molar-refractivity contribution in [3.8, 4) is 0 Å². The highest BCUT2D eigenvalue weighted by molar-refractivity contribution is 5.19. The van der Waals surface area contributed by atoms with Gasteiger partial charge < -0.3 is 9.84 Å². The molecule has 0 radical (unpaired) electrons. The van der Waals surface area contributed by atoms with Gasteiger partial charge in [0, 0.05) is 0 Å². The second-order valence-corrected chi connectivity index (χ2v) is 5.56. The van der Waals surface area contributed by atoms with Gasteiger partial charge in [-0.1, -0.05) is 94.4 Å². The molecule has 0 spiro atoms. The fraction of sp³-hybridized carbons (Fsp3) is 0.524. The molecule has 0 rings (SSSR count). The van der Waals surface area contributed by atoms with Crippen molar-refractivity contribution < 1.29 is 9.84 Å². The van der Waals surface area contributed by atoms with Gasteiger partial charge in [0.05, 0.1) is 7.11 Å². The first kappa shape index (κ1) is 21.3. The van der Waals surface area contributed by atoms with Crippen LogP contribution in [0.4, 0.5) is 0 Å². The molecule has 0 unspecified atom stereocenters. The number of aliphatic hydroxyl groups excluding tert-OH is 1. The maximum absolute atomic E-state index is 8.77. The number of methoxy groups -OCH3 is 1. The summed E-state index contributed by atoms with van der Waals surface area (Å²) in [6, 6.07) is 0. The smallest absolute Gasteiger partial charge is 0.152 e. The molecule has 1 N–H and O–H groups in total. The largest absolute Gasteiger partial charge is 0.512 e. The third-order valence-electron chi connectivity index (χ3n) is 3.54. The summed E-state index contributed by atoms with van der Waals surface area (Å²) in [5.41, 5.74) is 0. The molecule has 0 aromatic carbocycles. The second kappa shape index (κ2) is 18.3. The van der Waals surface area contributed by atoms with Gasteiger partial charge in [-0.05, 0) is 18.9 Å². The predicted octanol–water partition coefficient (Wildman–Crippen LogP) is 6.79. The van der Waals surface area contributed by atoms with Crippen LogP contribution in [0.3, 0.4) is 0 Å². The van der Waals surface area contributed by atoms with Crippen LogP contribution >= 0.6 is 0 Å². The van der Waals surface area contributed by atoms with Gasteiger partial charge in [-0.15, -0.1) is 0 Å². The van der Waals surface area contributed by atoms with Crippen LogP contribution in [-0.2, 0) is 4.74 Å². The van der Waals surface area contributed by atoms with Crippen molar-refractivity contribution in [2.45, 2.75) is 64.7 Å². The molecular weight excluding hydrogens is 284 g/mol. The van der Waals surface area contributed by atoms with Crippen LogP contribution in [0.15, 0.2) is 60.6 Å². The van der Waals surface area contributed by atoms with Crippen LogP contribution in [-0.4, -0.2) is 12.2 Å². The first-order valence-corrected chi connectivity index (χ1v) is 8.90. The molecule has 0 aromatic heterocycles. The average molecular weight is 319 g/mol. The number of unbranched alkanes of at least 4 members (excludes halogenated alkanes) is 8. The molecule has 0 aliphatic rings. The topological polar surface area (TPSA) is 29.5 Å². The molecule has 23 heavy (non-hydrogen) atoms. The Morgan fingerprint density at radius 3 is 1.96 bits per heavy atom. The summed E-state index contributed by atoms with van der Waals surface area (Å²) in [5, 5.41) is 8.77. The van der Waals surface area contributed by atoms with Crippen molar-refractivity contribution >= 4 is 0 Å². The number of allylic oxidation sites excluding steroid dienone is 8. The van der Waals surface area contributed by atoms with E-state index in [1.165, 1.54) is 64.9 Å². The van der Waals surface area contributed by atoms with E-state index in [1.54, 1.807) is 6.08 Å². The summed E-state index contributed by atoms with van der Waals surface area (Å²) in [6.07, 6.45) is 28.8. The van der Waals surface area contributed by atoms with E-state index in [0.717, 1.165) is 6.26 Å². The highest BCUT2D eigenvalue weighted by Gasteiger charge is 1.90. The Hall–Kier alpha value is -1.70. The van der Waals surface area contributed by atoms with Crippen LogP contribution in [0.5, 0.6) is 0 Å². The van der Waals surface area contributed by atoms with Crippen LogP contribution in [0.1, 0.15) is 64.7 Å². The molecule has 0 heterocycles. The maximum atomic E-state index is 8.77. The average Bonchev–Trinajstić information content (AvgIpc) is 2.58. The first-order valence-electron chi connectivity index (χ1n) is 8.90. The van der Waals surface area contributed by atoms with E-state index in [-0.39, 0.29) is 0 Å². The van der Waals surface area contributed by atoms with Crippen LogP contribution in [0.2, 0.25) is 0 Å². The van der Waals surface area contributed by atoms with Gasteiger partial charge in [-0.2, -0.15) is 0 Å². The lowest BCUT2D eigenvalue weighted by molar-refractivity contribution is 0.286. The van der Waals surface area contributed by atoms with Gasteiger partial charge >= 0.3 is 0 Å². The second-order valence-electron chi connectivity index (χ2n) is 5.56. The summed E-state index contributed by atoms with van der Waals surface area (Å²) in [7, 11) is 1.52. The molecule has 2 heteroatoms. The van der Waals surface area contributed by atoms with E-state index in [4.69, 9.17) is 9.84 Å². The zero-order valence-corrected chi connectivity index (χ0v) is 14.9. The van der Waals surface area contributed by atoms with E-state index in [2.05, 4.69) is 19.1 Å². The van der Waals surface area contributed by atoms with Crippen molar-refractivity contribution in [3.63, 3.8) is 0 Å². The Morgan fingerprint density at radius 1 is 0.783 bits per heavy atom. The molecule has 0 fully saturated rings. The lowest BCUT2D eigenvalue weighted by atomic mass is 10.1. The van der Waals surface area contributed by atoms with Crippen molar-refractivity contribution in [3.05, 3.63) is 60.6 Å². The molecule has 130 valence electrons. The highest BCUT2D eigenvalue weighted by atomic mass is 16.5. The molecule has 2 nitrogen and oxygen atoms in total. The van der Waals surface area contributed by atoms with Gasteiger partial charge in [0.25, 0.3) is 0 Å². The number of aliphatic hydroxyl groups is 1. The lowest BCUT2D eigenvalue weighted by Gasteiger charge is -1.99. The molecular formula is C21H34O2. The summed E-state index contributed by atoms with van der Waals surface area (Å²) < 4.78 is 4.88. The zero-order chi connectivity index (χ0) is 17.0. The van der Waals surface area contributed by atoms with Crippen molar-refractivity contribution in [1.82, 2.24) is 0 Å². The third kappa shape index (κ3) is 16.5. The molecule has 0 bridgehead atoms. The highest BCUT2D eigenvalue weighted by Crippen LogP contribution is 2.09. The zero-order valence-electron chi connectivity index (χ0n) is 14.9. The SMILES string of the molecule is CCCCCCCCCC/C=C/C=C/C=C/C=C/C(=C\O)OC. The number of hydrogen-bond donors (Lipinski definition) is 1. The summed E-state index contributed by atoms with van der Waals surface area (Å²) in [5.74, 6) is 0.434. The van der Waals surface area contributed by atoms with Crippen LogP contribution < -0.4 is 0 Å². The predicted molar refractivity (Wildman–Crippen MR) is 102 cm³/mol. The Kier molecular flexibility index (Phi) is 17.0. The van der Waals surface area contributed by atoms with Crippen molar-refractivity contribution in [2.24, 2.45) is 0 Å². The minimum Gasteiger partial charge on any atom is -0.512 e. The number of hydrogen-bond acceptors (Lipinski definition) is 2. The summed E-state index contributed by atoms with van der Waals surface area (Å²) in [6.45, 7) is 2.26. The van der Waals surface area contributed by atoms with E-state index >= 15 is 0 Å². The standard InChI is InChI=1S/C21H34O2/c1-3-4-5-6-7-8-9-10-11-12-13-14-15-16-17-18-19-21(20-22)23-2/h12-20,22H,3-11H2,1-2H3/b13-12+,15-14+,17-16+,19-18+,21-20+. The third-order valence-corrected chi connectivity index (χ3v) is 3.54. The van der Waals surface area contributed by atoms with Gasteiger partial charge in [0.1, 0.15) is 6.26 Å². The molecule has 0 saturated heterocycles. The van der Waals surface area contributed by atoms with Crippen molar-refractivity contribution in [2.75, 3.05) is 7.11 Å². The Bertz CT molecular complexity index is 387. The van der Waals surface area contributed by atoms with E-state index in [1.807, 2.05) is 30.4 Å². The van der Waals surface area contributed by atoms with E-state index < -0.39 is 0 Å².